The van der Waals surface area contributed by atoms with Gasteiger partial charge in [-0.25, -0.2) is 0 Å². The lowest BCUT2D eigenvalue weighted by Crippen LogP contribution is -2.42. The molecule has 1 atom stereocenters. The van der Waals surface area contributed by atoms with E-state index < -0.39 is 0 Å². The van der Waals surface area contributed by atoms with E-state index in [4.69, 9.17) is 12.2 Å². The first-order valence-corrected chi connectivity index (χ1v) is 7.24. The number of rotatable bonds is 7. The van der Waals surface area contributed by atoms with E-state index in [2.05, 4.69) is 38.3 Å². The molecule has 0 aromatic carbocycles. The van der Waals surface area contributed by atoms with Crippen LogP contribution in [-0.2, 0) is 0 Å². The molecule has 0 aliphatic heterocycles. The summed E-state index contributed by atoms with van der Waals surface area (Å²) in [4.78, 5) is 0. The monoisotopic (exact) mass is 248 g/mol. The average molecular weight is 248 g/mol. The Bertz CT molecular complexity index is 172. The van der Waals surface area contributed by atoms with Crippen LogP contribution in [0.5, 0.6) is 0 Å². The van der Waals surface area contributed by atoms with E-state index >= 15 is 0 Å². The van der Waals surface area contributed by atoms with Crippen molar-refractivity contribution < 1.29 is 0 Å². The summed E-state index contributed by atoms with van der Waals surface area (Å²) in [7, 11) is 0. The smallest absolute Gasteiger partial charge is 0.166 e. The van der Waals surface area contributed by atoms with Crippen molar-refractivity contribution in [2.24, 2.45) is 5.92 Å². The average Bonchev–Trinajstić information content (AvgIpc) is 2.15. The first-order chi connectivity index (χ1) is 7.06. The van der Waals surface area contributed by atoms with Crippen molar-refractivity contribution >= 4 is 29.1 Å². The molecule has 2 nitrogen and oxygen atoms in total. The van der Waals surface area contributed by atoms with Gasteiger partial charge >= 0.3 is 0 Å². The SMILES string of the molecule is CCSCCC(C)NC(=S)NCC(C)C. The summed E-state index contributed by atoms with van der Waals surface area (Å²) in [6, 6.07) is 0.469. The maximum atomic E-state index is 5.20. The van der Waals surface area contributed by atoms with Gasteiger partial charge in [-0.1, -0.05) is 20.8 Å². The number of hydrogen-bond acceptors (Lipinski definition) is 2. The van der Waals surface area contributed by atoms with Crippen molar-refractivity contribution in [3.63, 3.8) is 0 Å². The fourth-order valence-electron chi connectivity index (χ4n) is 1.05. The van der Waals surface area contributed by atoms with Crippen molar-refractivity contribution in [2.45, 2.75) is 40.2 Å². The van der Waals surface area contributed by atoms with Gasteiger partial charge in [-0.15, -0.1) is 0 Å². The normalized spacial score (nSPS) is 12.6. The van der Waals surface area contributed by atoms with Crippen molar-refractivity contribution in [2.75, 3.05) is 18.1 Å². The molecule has 1 unspecified atom stereocenters. The second-order valence-electron chi connectivity index (χ2n) is 4.13. The van der Waals surface area contributed by atoms with Gasteiger partial charge in [0.05, 0.1) is 0 Å². The molecule has 0 saturated heterocycles. The number of thiocarbonyl (C=S) groups is 1. The molecule has 90 valence electrons. The summed E-state index contributed by atoms with van der Waals surface area (Å²) in [5.74, 6) is 3.04. The molecule has 0 aromatic rings. The summed E-state index contributed by atoms with van der Waals surface area (Å²) >= 11 is 7.18. The molecule has 0 heterocycles. The Kier molecular flexibility index (Phi) is 9.30. The Hall–Kier alpha value is 0.0400. The lowest BCUT2D eigenvalue weighted by atomic mass is 10.2. The molecule has 0 spiro atoms. The number of hydrogen-bond donors (Lipinski definition) is 2. The third-order valence-electron chi connectivity index (χ3n) is 1.95. The molecule has 0 bridgehead atoms. The predicted octanol–water partition coefficient (Wildman–Crippen LogP) is 2.64. The van der Waals surface area contributed by atoms with Gasteiger partial charge in [0.15, 0.2) is 5.11 Å². The molecule has 0 aliphatic rings. The lowest BCUT2D eigenvalue weighted by Gasteiger charge is -2.17. The maximum Gasteiger partial charge on any atom is 0.166 e. The second-order valence-corrected chi connectivity index (χ2v) is 5.94. The fourth-order valence-corrected chi connectivity index (χ4v) is 2.14. The van der Waals surface area contributed by atoms with Gasteiger partial charge in [0.25, 0.3) is 0 Å². The minimum atomic E-state index is 0.469. The van der Waals surface area contributed by atoms with Gasteiger partial charge in [-0.2, -0.15) is 11.8 Å². The van der Waals surface area contributed by atoms with Gasteiger partial charge in [0.2, 0.25) is 0 Å². The molecule has 0 rings (SSSR count). The van der Waals surface area contributed by atoms with Crippen LogP contribution >= 0.6 is 24.0 Å². The summed E-state index contributed by atoms with van der Waals surface area (Å²) in [5, 5.41) is 7.31. The lowest BCUT2D eigenvalue weighted by molar-refractivity contribution is 0.596. The molecule has 0 fully saturated rings. The van der Waals surface area contributed by atoms with Crippen molar-refractivity contribution in [1.82, 2.24) is 10.6 Å². The topological polar surface area (TPSA) is 24.1 Å². The highest BCUT2D eigenvalue weighted by atomic mass is 32.2. The fraction of sp³-hybridized carbons (Fsp3) is 0.909. The van der Waals surface area contributed by atoms with Gasteiger partial charge in [0, 0.05) is 12.6 Å². The van der Waals surface area contributed by atoms with Crippen LogP contribution in [-0.4, -0.2) is 29.2 Å². The molecule has 2 N–H and O–H groups in total. The van der Waals surface area contributed by atoms with Crippen LogP contribution in [0.25, 0.3) is 0 Å². The van der Waals surface area contributed by atoms with Crippen LogP contribution in [0.1, 0.15) is 34.1 Å². The summed E-state index contributed by atoms with van der Waals surface area (Å²) in [6.45, 7) is 9.67. The number of thioether (sulfide) groups is 1. The van der Waals surface area contributed by atoms with Crippen LogP contribution in [0.4, 0.5) is 0 Å². The zero-order valence-corrected chi connectivity index (χ0v) is 11.9. The minimum absolute atomic E-state index is 0.469. The zero-order valence-electron chi connectivity index (χ0n) is 10.3. The molecule has 15 heavy (non-hydrogen) atoms. The highest BCUT2D eigenvalue weighted by Gasteiger charge is 2.03. The first kappa shape index (κ1) is 15.0. The first-order valence-electron chi connectivity index (χ1n) is 5.68. The van der Waals surface area contributed by atoms with Crippen molar-refractivity contribution in [3.05, 3.63) is 0 Å². The molecule has 0 amide bonds. The summed E-state index contributed by atoms with van der Waals surface area (Å²) in [6.07, 6.45) is 1.17. The zero-order chi connectivity index (χ0) is 11.7. The highest BCUT2D eigenvalue weighted by molar-refractivity contribution is 7.99. The van der Waals surface area contributed by atoms with E-state index in [1.54, 1.807) is 0 Å². The van der Waals surface area contributed by atoms with Crippen LogP contribution in [0.15, 0.2) is 0 Å². The van der Waals surface area contributed by atoms with Crippen LogP contribution < -0.4 is 10.6 Å². The quantitative estimate of drug-likeness (QED) is 0.534. The van der Waals surface area contributed by atoms with E-state index in [0.29, 0.717) is 12.0 Å². The second kappa shape index (κ2) is 9.28. The number of nitrogens with one attached hydrogen (secondary N) is 2. The van der Waals surface area contributed by atoms with Crippen LogP contribution in [0.3, 0.4) is 0 Å². The van der Waals surface area contributed by atoms with Gasteiger partial charge in [0.1, 0.15) is 0 Å². The van der Waals surface area contributed by atoms with Gasteiger partial charge < -0.3 is 10.6 Å². The molecular formula is C11H24N2S2. The highest BCUT2D eigenvalue weighted by Crippen LogP contribution is 2.03. The van der Waals surface area contributed by atoms with Crippen LogP contribution in [0.2, 0.25) is 0 Å². The molecular weight excluding hydrogens is 224 g/mol. The molecule has 0 aliphatic carbocycles. The van der Waals surface area contributed by atoms with Crippen molar-refractivity contribution in [1.29, 1.82) is 0 Å². The predicted molar refractivity (Wildman–Crippen MR) is 75.7 cm³/mol. The van der Waals surface area contributed by atoms with E-state index in [1.807, 2.05) is 11.8 Å². The Labute approximate surface area is 104 Å². The minimum Gasteiger partial charge on any atom is -0.362 e. The van der Waals surface area contributed by atoms with Crippen molar-refractivity contribution in [3.8, 4) is 0 Å². The van der Waals surface area contributed by atoms with E-state index in [9.17, 15) is 0 Å². The van der Waals surface area contributed by atoms with E-state index in [0.717, 1.165) is 11.7 Å². The van der Waals surface area contributed by atoms with E-state index in [-0.39, 0.29) is 0 Å². The Morgan fingerprint density at radius 2 is 2.00 bits per heavy atom. The summed E-state index contributed by atoms with van der Waals surface area (Å²) < 4.78 is 0. The molecule has 4 heteroatoms. The van der Waals surface area contributed by atoms with E-state index in [1.165, 1.54) is 17.9 Å². The molecule has 0 saturated carbocycles. The van der Waals surface area contributed by atoms with Gasteiger partial charge in [-0.05, 0) is 43.0 Å². The maximum absolute atomic E-state index is 5.20. The molecule has 0 radical (unpaired) electrons. The summed E-state index contributed by atoms with van der Waals surface area (Å²) in [5.41, 5.74) is 0. The largest absolute Gasteiger partial charge is 0.362 e. The Morgan fingerprint density at radius 3 is 2.53 bits per heavy atom. The Balaban J connectivity index is 3.49. The standard InChI is InChI=1S/C11H24N2S2/c1-5-15-7-6-10(4)13-11(14)12-8-9(2)3/h9-10H,5-8H2,1-4H3,(H2,12,13,14). The third kappa shape index (κ3) is 10.3. The van der Waals surface area contributed by atoms with Gasteiger partial charge in [-0.3, -0.25) is 0 Å². The Morgan fingerprint density at radius 1 is 1.33 bits per heavy atom. The molecule has 0 aromatic heterocycles. The van der Waals surface area contributed by atoms with Crippen LogP contribution in [0, 0.1) is 5.92 Å². The third-order valence-corrected chi connectivity index (χ3v) is 3.14.